The molecule has 0 spiro atoms. The molecular weight excluding hydrogens is 214 g/mol. The first-order chi connectivity index (χ1) is 6.33. The predicted octanol–water partition coefficient (Wildman–Crippen LogP) is 3.13. The van der Waals surface area contributed by atoms with Gasteiger partial charge >= 0.3 is 0 Å². The molecule has 0 aliphatic rings. The summed E-state index contributed by atoms with van der Waals surface area (Å²) in [4.78, 5) is 1.41. The van der Waals surface area contributed by atoms with Crippen LogP contribution in [0.3, 0.4) is 0 Å². The molecule has 2 rings (SSSR count). The second-order valence-corrected chi connectivity index (χ2v) is 4.43. The highest BCUT2D eigenvalue weighted by molar-refractivity contribution is 7.19. The third-order valence-corrected chi connectivity index (χ3v) is 3.42. The van der Waals surface area contributed by atoms with E-state index in [1.54, 1.807) is 0 Å². The maximum atomic E-state index is 5.58. The number of fused-ring (bicyclic) bond motifs is 1. The largest absolute Gasteiger partial charge is 0.330 e. The molecule has 3 heteroatoms. The van der Waals surface area contributed by atoms with Crippen molar-refractivity contribution in [3.63, 3.8) is 0 Å². The summed E-state index contributed by atoms with van der Waals surface area (Å²) >= 11 is 1.86. The van der Waals surface area contributed by atoms with E-state index in [2.05, 4.69) is 31.2 Å². The van der Waals surface area contributed by atoms with E-state index < -0.39 is 0 Å². The summed E-state index contributed by atoms with van der Waals surface area (Å²) < 4.78 is 1.38. The zero-order valence-electron chi connectivity index (χ0n) is 8.12. The first-order valence-corrected chi connectivity index (χ1v) is 5.31. The predicted molar refractivity (Wildman–Crippen MR) is 66.6 cm³/mol. The van der Waals surface area contributed by atoms with Gasteiger partial charge in [0.05, 0.1) is 0 Å². The van der Waals surface area contributed by atoms with E-state index >= 15 is 0 Å². The van der Waals surface area contributed by atoms with Crippen molar-refractivity contribution in [2.45, 2.75) is 13.3 Å². The lowest BCUT2D eigenvalue weighted by Crippen LogP contribution is -2.02. The zero-order valence-corrected chi connectivity index (χ0v) is 9.75. The van der Waals surface area contributed by atoms with Gasteiger partial charge in [0.2, 0.25) is 0 Å². The average Bonchev–Trinajstić information content (AvgIpc) is 2.44. The Bertz CT molecular complexity index is 422. The highest BCUT2D eigenvalue weighted by Gasteiger charge is 2.06. The van der Waals surface area contributed by atoms with E-state index in [1.807, 2.05) is 11.3 Å². The molecule has 2 N–H and O–H groups in total. The van der Waals surface area contributed by atoms with Crippen molar-refractivity contribution in [3.05, 3.63) is 34.7 Å². The number of thiophene rings is 1. The molecule has 14 heavy (non-hydrogen) atoms. The van der Waals surface area contributed by atoms with Crippen LogP contribution in [0.5, 0.6) is 0 Å². The van der Waals surface area contributed by atoms with Gasteiger partial charge in [-0.1, -0.05) is 18.2 Å². The summed E-state index contributed by atoms with van der Waals surface area (Å²) in [7, 11) is 0. The van der Waals surface area contributed by atoms with Gasteiger partial charge in [0.15, 0.2) is 0 Å². The van der Waals surface area contributed by atoms with Crippen LogP contribution in [0.2, 0.25) is 0 Å². The highest BCUT2D eigenvalue weighted by atomic mass is 35.5. The molecule has 0 saturated heterocycles. The van der Waals surface area contributed by atoms with Crippen LogP contribution in [0, 0.1) is 6.92 Å². The molecule has 1 heterocycles. The van der Waals surface area contributed by atoms with E-state index in [4.69, 9.17) is 5.73 Å². The van der Waals surface area contributed by atoms with Gasteiger partial charge in [-0.25, -0.2) is 0 Å². The lowest BCUT2D eigenvalue weighted by Gasteiger charge is -1.97. The lowest BCUT2D eigenvalue weighted by atomic mass is 10.1. The number of hydrogen-bond acceptors (Lipinski definition) is 2. The van der Waals surface area contributed by atoms with Gasteiger partial charge in [-0.2, -0.15) is 0 Å². The molecule has 0 amide bonds. The quantitative estimate of drug-likeness (QED) is 0.838. The molecule has 2 aromatic rings. The second-order valence-electron chi connectivity index (χ2n) is 3.17. The lowest BCUT2D eigenvalue weighted by molar-refractivity contribution is 0.974. The fraction of sp³-hybridized carbons (Fsp3) is 0.273. The summed E-state index contributed by atoms with van der Waals surface area (Å²) in [5.41, 5.74) is 7.02. The maximum Gasteiger partial charge on any atom is 0.0348 e. The molecular formula is C11H14ClNS. The third-order valence-electron chi connectivity index (χ3n) is 2.29. The Hall–Kier alpha value is -0.570. The molecule has 0 aliphatic carbocycles. The Morgan fingerprint density at radius 1 is 1.29 bits per heavy atom. The SMILES string of the molecule is Cc1sc2ccccc2c1CCN.Cl. The van der Waals surface area contributed by atoms with Crippen LogP contribution >= 0.6 is 23.7 Å². The van der Waals surface area contributed by atoms with Gasteiger partial charge < -0.3 is 5.73 Å². The van der Waals surface area contributed by atoms with Crippen LogP contribution in [-0.4, -0.2) is 6.54 Å². The third kappa shape index (κ3) is 1.92. The van der Waals surface area contributed by atoms with Crippen LogP contribution < -0.4 is 5.73 Å². The maximum absolute atomic E-state index is 5.58. The molecule has 76 valence electrons. The van der Waals surface area contributed by atoms with Gasteiger partial charge in [-0.15, -0.1) is 23.7 Å². The Balaban J connectivity index is 0.000000980. The van der Waals surface area contributed by atoms with E-state index in [1.165, 1.54) is 20.5 Å². The fourth-order valence-corrected chi connectivity index (χ4v) is 2.79. The average molecular weight is 228 g/mol. The van der Waals surface area contributed by atoms with E-state index in [0.717, 1.165) is 13.0 Å². The Morgan fingerprint density at radius 3 is 2.71 bits per heavy atom. The van der Waals surface area contributed by atoms with Crippen LogP contribution in [-0.2, 0) is 6.42 Å². The zero-order chi connectivity index (χ0) is 9.26. The van der Waals surface area contributed by atoms with Gasteiger partial charge in [0.1, 0.15) is 0 Å². The number of hydrogen-bond donors (Lipinski definition) is 1. The Labute approximate surface area is 94.3 Å². The molecule has 0 aliphatic heterocycles. The van der Waals surface area contributed by atoms with Crippen molar-refractivity contribution < 1.29 is 0 Å². The van der Waals surface area contributed by atoms with Crippen molar-refractivity contribution in [1.29, 1.82) is 0 Å². The van der Waals surface area contributed by atoms with E-state index in [-0.39, 0.29) is 12.4 Å². The van der Waals surface area contributed by atoms with Crippen molar-refractivity contribution in [2.75, 3.05) is 6.54 Å². The molecule has 1 aromatic heterocycles. The van der Waals surface area contributed by atoms with Gasteiger partial charge in [0.25, 0.3) is 0 Å². The molecule has 0 atom stereocenters. The molecule has 1 nitrogen and oxygen atoms in total. The number of aryl methyl sites for hydroxylation is 1. The van der Waals surface area contributed by atoms with Crippen LogP contribution in [0.15, 0.2) is 24.3 Å². The smallest absolute Gasteiger partial charge is 0.0348 e. The van der Waals surface area contributed by atoms with E-state index in [9.17, 15) is 0 Å². The first-order valence-electron chi connectivity index (χ1n) is 4.50. The molecule has 1 aromatic carbocycles. The van der Waals surface area contributed by atoms with Crippen LogP contribution in [0.1, 0.15) is 10.4 Å². The van der Waals surface area contributed by atoms with Crippen molar-refractivity contribution >= 4 is 33.8 Å². The monoisotopic (exact) mass is 227 g/mol. The van der Waals surface area contributed by atoms with Crippen molar-refractivity contribution in [1.82, 2.24) is 0 Å². The first kappa shape index (κ1) is 11.5. The minimum Gasteiger partial charge on any atom is -0.330 e. The summed E-state index contributed by atoms with van der Waals surface area (Å²) in [6, 6.07) is 8.54. The van der Waals surface area contributed by atoms with Gasteiger partial charge in [-0.05, 0) is 36.9 Å². The van der Waals surface area contributed by atoms with Crippen molar-refractivity contribution in [2.24, 2.45) is 5.73 Å². The van der Waals surface area contributed by atoms with Crippen LogP contribution in [0.25, 0.3) is 10.1 Å². The minimum absolute atomic E-state index is 0. The fourth-order valence-electron chi connectivity index (χ4n) is 1.68. The number of halogens is 1. The standard InChI is InChI=1S/C11H13NS.ClH/c1-8-9(6-7-12)10-4-2-3-5-11(10)13-8;/h2-5H,6-7,12H2,1H3;1H. The van der Waals surface area contributed by atoms with Gasteiger partial charge in [0, 0.05) is 9.58 Å². The van der Waals surface area contributed by atoms with Crippen molar-refractivity contribution in [3.8, 4) is 0 Å². The summed E-state index contributed by atoms with van der Waals surface area (Å²) in [6.45, 7) is 2.91. The molecule has 0 bridgehead atoms. The highest BCUT2D eigenvalue weighted by Crippen LogP contribution is 2.30. The normalized spacial score (nSPS) is 10.1. The number of benzene rings is 1. The van der Waals surface area contributed by atoms with E-state index in [0.29, 0.717) is 0 Å². The number of nitrogens with two attached hydrogens (primary N) is 1. The number of rotatable bonds is 2. The molecule has 0 radical (unpaired) electrons. The topological polar surface area (TPSA) is 26.0 Å². The minimum atomic E-state index is 0. The summed E-state index contributed by atoms with van der Waals surface area (Å²) in [5, 5.41) is 1.38. The molecule has 0 fully saturated rings. The summed E-state index contributed by atoms with van der Waals surface area (Å²) in [6.07, 6.45) is 0.996. The van der Waals surface area contributed by atoms with Crippen LogP contribution in [0.4, 0.5) is 0 Å². The summed E-state index contributed by atoms with van der Waals surface area (Å²) in [5.74, 6) is 0. The van der Waals surface area contributed by atoms with Gasteiger partial charge in [-0.3, -0.25) is 0 Å². The second kappa shape index (κ2) is 4.78. The molecule has 0 saturated carbocycles. The Morgan fingerprint density at radius 2 is 2.00 bits per heavy atom. The Kier molecular flexibility index (Phi) is 3.93. The molecule has 0 unspecified atom stereocenters.